The minimum absolute atomic E-state index is 0.0158. The Labute approximate surface area is 257 Å². The lowest BCUT2D eigenvalue weighted by Gasteiger charge is -2.40. The lowest BCUT2D eigenvalue weighted by Crippen LogP contribution is -2.35. The maximum absolute atomic E-state index is 11.4. The van der Waals surface area contributed by atoms with Gasteiger partial charge in [-0.3, -0.25) is 9.80 Å². The fourth-order valence-corrected chi connectivity index (χ4v) is 7.32. The molecule has 0 saturated carbocycles. The molecule has 2 heterocycles. The summed E-state index contributed by atoms with van der Waals surface area (Å²) in [6, 6.07) is 17.5. The van der Waals surface area contributed by atoms with Gasteiger partial charge in [-0.1, -0.05) is 18.2 Å². The third-order valence-electron chi connectivity index (χ3n) is 9.73. The van der Waals surface area contributed by atoms with Crippen LogP contribution in [-0.4, -0.2) is 66.5 Å². The maximum atomic E-state index is 11.4. The Morgan fingerprint density at radius 3 is 2.20 bits per heavy atom. The molecule has 44 heavy (non-hydrogen) atoms. The van der Waals surface area contributed by atoms with E-state index in [1.54, 1.807) is 20.3 Å². The van der Waals surface area contributed by atoms with Gasteiger partial charge in [-0.25, -0.2) is 0 Å². The molecule has 2 aliphatic heterocycles. The molecule has 0 fully saturated rings. The van der Waals surface area contributed by atoms with Crippen LogP contribution in [0.15, 0.2) is 54.6 Å². The number of phenols is 3. The van der Waals surface area contributed by atoms with E-state index < -0.39 is 0 Å². The summed E-state index contributed by atoms with van der Waals surface area (Å²) in [4.78, 5) is 4.64. The van der Waals surface area contributed by atoms with Crippen molar-refractivity contribution in [2.75, 3.05) is 41.4 Å². The molecule has 7 rings (SSSR count). The Balaban J connectivity index is 1.22. The predicted octanol–water partition coefficient (Wildman–Crippen LogP) is 6.14. The SMILES string of the molecule is COc1cc2c(cc1O)C(Cc1ccc(Oc3c(O)ccc4c3-c3c(O)c(OC)cc5c3C(C4)N(C)CC5)cc1)N(C)CC2. The van der Waals surface area contributed by atoms with Gasteiger partial charge >= 0.3 is 0 Å². The number of aromatic hydroxyl groups is 3. The fourth-order valence-electron chi connectivity index (χ4n) is 7.32. The number of rotatable bonds is 6. The summed E-state index contributed by atoms with van der Waals surface area (Å²) in [5, 5.41) is 33.0. The van der Waals surface area contributed by atoms with Gasteiger partial charge < -0.3 is 29.5 Å². The Morgan fingerprint density at radius 2 is 1.45 bits per heavy atom. The monoisotopic (exact) mass is 594 g/mol. The maximum Gasteiger partial charge on any atom is 0.177 e. The Morgan fingerprint density at radius 1 is 0.750 bits per heavy atom. The summed E-state index contributed by atoms with van der Waals surface area (Å²) in [6.07, 6.45) is 3.27. The van der Waals surface area contributed by atoms with Gasteiger partial charge in [0.05, 0.1) is 14.2 Å². The topological polar surface area (TPSA) is 94.9 Å². The van der Waals surface area contributed by atoms with E-state index in [1.165, 1.54) is 5.56 Å². The summed E-state index contributed by atoms with van der Waals surface area (Å²) >= 11 is 0. The second kappa shape index (κ2) is 10.9. The van der Waals surface area contributed by atoms with Gasteiger partial charge in [0.15, 0.2) is 34.5 Å². The molecular formula is C36H38N2O6. The van der Waals surface area contributed by atoms with E-state index in [2.05, 4.69) is 23.9 Å². The van der Waals surface area contributed by atoms with Crippen molar-refractivity contribution in [3.8, 4) is 51.4 Å². The number of nitrogens with zero attached hydrogens (tertiary/aromatic N) is 2. The zero-order valence-electron chi connectivity index (χ0n) is 25.6. The van der Waals surface area contributed by atoms with Crippen molar-refractivity contribution in [2.24, 2.45) is 0 Å². The van der Waals surface area contributed by atoms with Crippen LogP contribution in [0.2, 0.25) is 0 Å². The summed E-state index contributed by atoms with van der Waals surface area (Å²) in [6.45, 7) is 1.84. The smallest absolute Gasteiger partial charge is 0.177 e. The molecule has 0 amide bonds. The van der Waals surface area contributed by atoms with Crippen LogP contribution in [-0.2, 0) is 25.7 Å². The quantitative estimate of drug-likeness (QED) is 0.245. The number of likely N-dealkylation sites (N-methyl/N-ethyl adjacent to an activating group) is 2. The van der Waals surface area contributed by atoms with Gasteiger partial charge in [0.1, 0.15) is 5.75 Å². The van der Waals surface area contributed by atoms with E-state index in [-0.39, 0.29) is 29.3 Å². The molecule has 2 atom stereocenters. The molecule has 2 unspecified atom stereocenters. The Kier molecular flexibility index (Phi) is 7.06. The average molecular weight is 595 g/mol. The van der Waals surface area contributed by atoms with Crippen LogP contribution in [0.5, 0.6) is 40.2 Å². The molecule has 0 spiro atoms. The lowest BCUT2D eigenvalue weighted by atomic mass is 9.76. The van der Waals surface area contributed by atoms with Crippen molar-refractivity contribution in [3.63, 3.8) is 0 Å². The van der Waals surface area contributed by atoms with Gasteiger partial charge in [-0.05, 0) is 110 Å². The summed E-state index contributed by atoms with van der Waals surface area (Å²) in [5.41, 5.74) is 8.07. The first-order valence-corrected chi connectivity index (χ1v) is 15.1. The van der Waals surface area contributed by atoms with E-state index in [1.807, 2.05) is 48.5 Å². The summed E-state index contributed by atoms with van der Waals surface area (Å²) in [5.74, 6) is 2.09. The zero-order valence-corrected chi connectivity index (χ0v) is 25.6. The number of ether oxygens (including phenoxy) is 3. The molecule has 0 saturated heterocycles. The molecule has 0 radical (unpaired) electrons. The number of phenolic OH excluding ortho intramolecular Hbond substituents is 3. The molecule has 8 heteroatoms. The molecule has 4 aromatic carbocycles. The van der Waals surface area contributed by atoms with Crippen molar-refractivity contribution in [1.29, 1.82) is 0 Å². The number of hydrogen-bond donors (Lipinski definition) is 3. The van der Waals surface area contributed by atoms with Crippen molar-refractivity contribution in [3.05, 3.63) is 88.0 Å². The average Bonchev–Trinajstić information content (AvgIpc) is 3.03. The third-order valence-corrected chi connectivity index (χ3v) is 9.73. The molecule has 0 aromatic heterocycles. The lowest BCUT2D eigenvalue weighted by molar-refractivity contribution is 0.226. The predicted molar refractivity (Wildman–Crippen MR) is 168 cm³/mol. The number of fused-ring (bicyclic) bond motifs is 3. The molecule has 3 aliphatic rings. The second-order valence-corrected chi connectivity index (χ2v) is 12.2. The van der Waals surface area contributed by atoms with E-state index in [4.69, 9.17) is 14.2 Å². The van der Waals surface area contributed by atoms with Crippen LogP contribution < -0.4 is 14.2 Å². The standard InChI is InChI=1S/C36H38N2O6/c1-37-13-11-21-17-30(42-3)29(40)19-25(21)26(37)15-20-5-8-24(9-6-20)44-36-28(39)10-7-22-16-27-32-23(12-14-38(27)2)18-31(43-4)35(41)34(32)33(22)36/h5-10,17-19,26-27,39-41H,11-16H2,1-4H3. The van der Waals surface area contributed by atoms with Crippen molar-refractivity contribution < 1.29 is 29.5 Å². The van der Waals surface area contributed by atoms with Crippen LogP contribution in [0.3, 0.4) is 0 Å². The van der Waals surface area contributed by atoms with Gasteiger partial charge in [-0.2, -0.15) is 0 Å². The third kappa shape index (κ3) is 4.60. The Bertz CT molecular complexity index is 1750. The largest absolute Gasteiger partial charge is 0.504 e. The first-order chi connectivity index (χ1) is 21.3. The normalized spacial score (nSPS) is 19.1. The molecule has 1 aliphatic carbocycles. The first-order valence-electron chi connectivity index (χ1n) is 15.1. The highest BCUT2D eigenvalue weighted by Crippen LogP contribution is 2.56. The van der Waals surface area contributed by atoms with E-state index >= 15 is 0 Å². The van der Waals surface area contributed by atoms with Crippen LogP contribution in [0.25, 0.3) is 11.1 Å². The van der Waals surface area contributed by atoms with Gasteiger partial charge in [0, 0.05) is 36.3 Å². The first kappa shape index (κ1) is 28.4. The van der Waals surface area contributed by atoms with Crippen molar-refractivity contribution in [2.45, 2.75) is 37.8 Å². The molecule has 3 N–H and O–H groups in total. The highest BCUT2D eigenvalue weighted by Gasteiger charge is 2.38. The molecule has 8 nitrogen and oxygen atoms in total. The number of hydrogen-bond acceptors (Lipinski definition) is 8. The van der Waals surface area contributed by atoms with Crippen LogP contribution in [0.4, 0.5) is 0 Å². The summed E-state index contributed by atoms with van der Waals surface area (Å²) in [7, 11) is 7.37. The van der Waals surface area contributed by atoms with E-state index in [9.17, 15) is 15.3 Å². The zero-order chi connectivity index (χ0) is 30.7. The number of benzene rings is 4. The minimum Gasteiger partial charge on any atom is -0.504 e. The van der Waals surface area contributed by atoms with E-state index in [0.717, 1.165) is 66.6 Å². The highest BCUT2D eigenvalue weighted by molar-refractivity contribution is 5.88. The Hall–Kier alpha value is -4.40. The fraction of sp³-hybridized carbons (Fsp3) is 0.333. The van der Waals surface area contributed by atoms with Crippen LogP contribution in [0.1, 0.15) is 45.5 Å². The summed E-state index contributed by atoms with van der Waals surface area (Å²) < 4.78 is 17.4. The van der Waals surface area contributed by atoms with Gasteiger partial charge in [-0.15, -0.1) is 0 Å². The number of methoxy groups -OCH3 is 2. The van der Waals surface area contributed by atoms with Crippen LogP contribution >= 0.6 is 0 Å². The minimum atomic E-state index is 0.0158. The highest BCUT2D eigenvalue weighted by atomic mass is 16.5. The molecule has 0 bridgehead atoms. The van der Waals surface area contributed by atoms with Gasteiger partial charge in [0.25, 0.3) is 0 Å². The molecule has 4 aromatic rings. The van der Waals surface area contributed by atoms with Crippen molar-refractivity contribution >= 4 is 0 Å². The van der Waals surface area contributed by atoms with E-state index in [0.29, 0.717) is 34.1 Å². The van der Waals surface area contributed by atoms with Crippen LogP contribution in [0, 0.1) is 0 Å². The molecule has 228 valence electrons. The molecular weight excluding hydrogens is 556 g/mol. The van der Waals surface area contributed by atoms with Gasteiger partial charge in [0.2, 0.25) is 0 Å². The van der Waals surface area contributed by atoms with Crippen molar-refractivity contribution in [1.82, 2.24) is 9.80 Å². The second-order valence-electron chi connectivity index (χ2n) is 12.2.